The highest BCUT2D eigenvalue weighted by molar-refractivity contribution is 5.88. The van der Waals surface area contributed by atoms with Crippen molar-refractivity contribution < 1.29 is 35.9 Å². The maximum atomic E-state index is 13.7. The number of carbonyl (C=O) groups is 1. The van der Waals surface area contributed by atoms with E-state index >= 15 is 0 Å². The normalized spacial score (nSPS) is 12.8. The van der Waals surface area contributed by atoms with Gasteiger partial charge in [-0.25, -0.2) is 4.79 Å². The van der Waals surface area contributed by atoms with Gasteiger partial charge in [0.1, 0.15) is 5.57 Å². The molecule has 23 heavy (non-hydrogen) atoms. The van der Waals surface area contributed by atoms with Gasteiger partial charge in [0, 0.05) is 5.56 Å². The zero-order valence-corrected chi connectivity index (χ0v) is 11.7. The van der Waals surface area contributed by atoms with Crippen molar-refractivity contribution in [3.8, 4) is 11.8 Å². The summed E-state index contributed by atoms with van der Waals surface area (Å²) in [6.07, 6.45) is -6.11. The van der Waals surface area contributed by atoms with Crippen molar-refractivity contribution in [1.29, 1.82) is 0 Å². The highest BCUT2D eigenvalue weighted by Crippen LogP contribution is 2.42. The van der Waals surface area contributed by atoms with E-state index in [4.69, 9.17) is 0 Å². The molecule has 1 aromatic rings. The van der Waals surface area contributed by atoms with E-state index in [9.17, 15) is 31.1 Å². The molecule has 0 bridgehead atoms. The zero-order chi connectivity index (χ0) is 17.7. The topological polar surface area (TPSA) is 26.3 Å². The van der Waals surface area contributed by atoms with Gasteiger partial charge in [0.15, 0.2) is 0 Å². The minimum Gasteiger partial charge on any atom is -0.461 e. The van der Waals surface area contributed by atoms with Crippen molar-refractivity contribution in [3.63, 3.8) is 0 Å². The van der Waals surface area contributed by atoms with Crippen LogP contribution in [0.5, 0.6) is 0 Å². The lowest BCUT2D eigenvalue weighted by Crippen LogP contribution is -2.39. The Hall–Kier alpha value is -2.43. The molecule has 0 radical (unpaired) electrons. The predicted octanol–water partition coefficient (Wildman–Crippen LogP) is 4.02. The van der Waals surface area contributed by atoms with Crippen LogP contribution in [-0.2, 0) is 9.53 Å². The van der Waals surface area contributed by atoms with Crippen LogP contribution in [0.25, 0.3) is 0 Å². The van der Waals surface area contributed by atoms with Crippen LogP contribution < -0.4 is 0 Å². The van der Waals surface area contributed by atoms with Gasteiger partial charge in [-0.2, -0.15) is 26.3 Å². The number of hydrogen-bond donors (Lipinski definition) is 0. The smallest absolute Gasteiger partial charge is 0.458 e. The summed E-state index contributed by atoms with van der Waals surface area (Å²) < 4.78 is 82.0. The first-order valence-corrected chi connectivity index (χ1v) is 6.20. The van der Waals surface area contributed by atoms with E-state index in [-0.39, 0.29) is 5.56 Å². The van der Waals surface area contributed by atoms with E-state index in [0.29, 0.717) is 0 Å². The standard InChI is InChI=1S/C15H10F6O2/c1-2-23-13(22)12(16)11(14(17,18)15(19,20)21)9-8-10-6-4-3-5-7-10/h3-7H,2H2,1H3/b12-11+. The van der Waals surface area contributed by atoms with Crippen LogP contribution in [-0.4, -0.2) is 24.7 Å². The largest absolute Gasteiger partial charge is 0.461 e. The van der Waals surface area contributed by atoms with Crippen molar-refractivity contribution in [1.82, 2.24) is 0 Å². The maximum Gasteiger partial charge on any atom is 0.458 e. The van der Waals surface area contributed by atoms with Gasteiger partial charge in [-0.15, -0.1) is 0 Å². The molecule has 0 atom stereocenters. The second-order valence-corrected chi connectivity index (χ2v) is 4.10. The minimum atomic E-state index is -6.11. The average Bonchev–Trinajstić information content (AvgIpc) is 2.47. The number of halogens is 6. The first kappa shape index (κ1) is 18.6. The third kappa shape index (κ3) is 4.52. The number of benzene rings is 1. The first-order valence-electron chi connectivity index (χ1n) is 6.20. The fourth-order valence-electron chi connectivity index (χ4n) is 1.37. The summed E-state index contributed by atoms with van der Waals surface area (Å²) in [6.45, 7) is 0.839. The lowest BCUT2D eigenvalue weighted by atomic mass is 10.1. The molecule has 0 unspecified atom stereocenters. The van der Waals surface area contributed by atoms with E-state index < -0.39 is 36.1 Å². The molecular formula is C15H10F6O2. The Labute approximate surface area is 127 Å². The Balaban J connectivity index is 3.43. The Kier molecular flexibility index (Phi) is 5.85. The lowest BCUT2D eigenvalue weighted by Gasteiger charge is -2.19. The molecule has 0 saturated heterocycles. The number of alkyl halides is 5. The second-order valence-electron chi connectivity index (χ2n) is 4.10. The molecule has 0 aromatic heterocycles. The molecule has 0 heterocycles. The average molecular weight is 336 g/mol. The summed E-state index contributed by atoms with van der Waals surface area (Å²) in [5, 5.41) is 0. The van der Waals surface area contributed by atoms with E-state index in [1.807, 2.05) is 5.92 Å². The molecule has 0 amide bonds. The van der Waals surface area contributed by atoms with Crippen molar-refractivity contribution in [2.24, 2.45) is 0 Å². The van der Waals surface area contributed by atoms with Crippen molar-refractivity contribution in [2.45, 2.75) is 19.0 Å². The molecule has 2 nitrogen and oxygen atoms in total. The Bertz CT molecular complexity index is 650. The number of rotatable bonds is 3. The highest BCUT2D eigenvalue weighted by atomic mass is 19.4. The van der Waals surface area contributed by atoms with E-state index in [2.05, 4.69) is 4.74 Å². The number of hydrogen-bond acceptors (Lipinski definition) is 2. The molecule has 1 aromatic carbocycles. The zero-order valence-electron chi connectivity index (χ0n) is 11.7. The van der Waals surface area contributed by atoms with Gasteiger partial charge < -0.3 is 4.74 Å². The Morgan fingerprint density at radius 3 is 2.17 bits per heavy atom. The van der Waals surface area contributed by atoms with Crippen molar-refractivity contribution in [3.05, 3.63) is 47.3 Å². The summed E-state index contributed by atoms with van der Waals surface area (Å²) in [6, 6.07) is 7.11. The van der Waals surface area contributed by atoms with Crippen LogP contribution in [0.3, 0.4) is 0 Å². The molecular weight excluding hydrogens is 326 g/mol. The van der Waals surface area contributed by atoms with Gasteiger partial charge in [0.25, 0.3) is 0 Å². The number of allylic oxidation sites excluding steroid dienone is 1. The summed E-state index contributed by atoms with van der Waals surface area (Å²) in [4.78, 5) is 11.1. The van der Waals surface area contributed by atoms with Crippen LogP contribution in [0, 0.1) is 11.8 Å². The highest BCUT2D eigenvalue weighted by Gasteiger charge is 2.61. The van der Waals surface area contributed by atoms with E-state index in [1.165, 1.54) is 37.1 Å². The van der Waals surface area contributed by atoms with Gasteiger partial charge in [-0.1, -0.05) is 30.0 Å². The molecule has 0 spiro atoms. The van der Waals surface area contributed by atoms with Crippen LogP contribution >= 0.6 is 0 Å². The molecule has 124 valence electrons. The monoisotopic (exact) mass is 336 g/mol. The van der Waals surface area contributed by atoms with Gasteiger partial charge in [0.2, 0.25) is 5.83 Å². The second kappa shape index (κ2) is 7.22. The summed E-state index contributed by atoms with van der Waals surface area (Å²) in [5.74, 6) is -6.58. The molecule has 8 heteroatoms. The number of esters is 1. The van der Waals surface area contributed by atoms with Crippen LogP contribution in [0.4, 0.5) is 26.3 Å². The lowest BCUT2D eigenvalue weighted by molar-refractivity contribution is -0.263. The molecule has 0 fully saturated rings. The van der Waals surface area contributed by atoms with Gasteiger partial charge >= 0.3 is 18.1 Å². The molecule has 0 saturated carbocycles. The quantitative estimate of drug-likeness (QED) is 0.361. The van der Waals surface area contributed by atoms with E-state index in [1.54, 1.807) is 6.07 Å². The fraction of sp³-hybridized carbons (Fsp3) is 0.267. The molecule has 1 rings (SSSR count). The summed E-state index contributed by atoms with van der Waals surface area (Å²) in [7, 11) is 0. The predicted molar refractivity (Wildman–Crippen MR) is 69.1 cm³/mol. The Morgan fingerprint density at radius 2 is 1.70 bits per heavy atom. The SMILES string of the molecule is CCOC(=O)/C(F)=C(/C#Cc1ccccc1)C(F)(F)C(F)(F)F. The van der Waals surface area contributed by atoms with Crippen molar-refractivity contribution >= 4 is 5.97 Å². The summed E-state index contributed by atoms with van der Waals surface area (Å²) >= 11 is 0. The van der Waals surface area contributed by atoms with Gasteiger partial charge in [-0.3, -0.25) is 0 Å². The van der Waals surface area contributed by atoms with Crippen LogP contribution in [0.1, 0.15) is 12.5 Å². The van der Waals surface area contributed by atoms with Crippen LogP contribution in [0.2, 0.25) is 0 Å². The van der Waals surface area contributed by atoms with Gasteiger partial charge in [0.05, 0.1) is 6.61 Å². The number of carbonyl (C=O) groups excluding carboxylic acids is 1. The third-order valence-corrected chi connectivity index (χ3v) is 2.45. The summed E-state index contributed by atoms with van der Waals surface area (Å²) in [5.41, 5.74) is -2.22. The molecule has 0 aliphatic rings. The Morgan fingerprint density at radius 1 is 1.13 bits per heavy atom. The van der Waals surface area contributed by atoms with E-state index in [0.717, 1.165) is 0 Å². The van der Waals surface area contributed by atoms with Crippen molar-refractivity contribution in [2.75, 3.05) is 6.61 Å². The van der Waals surface area contributed by atoms with Gasteiger partial charge in [-0.05, 0) is 19.1 Å². The maximum absolute atomic E-state index is 13.7. The van der Waals surface area contributed by atoms with Crippen LogP contribution in [0.15, 0.2) is 41.7 Å². The minimum absolute atomic E-state index is 0.0691. The third-order valence-electron chi connectivity index (χ3n) is 2.45. The fourth-order valence-corrected chi connectivity index (χ4v) is 1.37. The number of ether oxygens (including phenoxy) is 1. The molecule has 0 aliphatic heterocycles. The first-order chi connectivity index (χ1) is 10.6. The molecule has 0 N–H and O–H groups in total. The molecule has 0 aliphatic carbocycles.